The number of aromatic nitrogens is 3. The van der Waals surface area contributed by atoms with Crippen LogP contribution in [0.15, 0.2) is 76.8 Å². The van der Waals surface area contributed by atoms with Gasteiger partial charge in [0, 0.05) is 41.0 Å². The molecule has 4 aromatic rings. The maximum atomic E-state index is 14.1. The number of ether oxygens (including phenoxy) is 1. The van der Waals surface area contributed by atoms with Crippen LogP contribution in [0.3, 0.4) is 0 Å². The molecule has 0 aliphatic carbocycles. The largest absolute Gasteiger partial charge is 0.480 e. The predicted molar refractivity (Wildman–Crippen MR) is 253 cm³/mol. The number of hydrogen-bond donors (Lipinski definition) is 1. The van der Waals surface area contributed by atoms with Gasteiger partial charge in [0.2, 0.25) is 5.82 Å². The van der Waals surface area contributed by atoms with Crippen molar-refractivity contribution >= 4 is 34.4 Å². The lowest BCUT2D eigenvalue weighted by Crippen LogP contribution is -2.34. The zero-order valence-corrected chi connectivity index (χ0v) is 38.9. The zero-order chi connectivity index (χ0) is 44.4. The summed E-state index contributed by atoms with van der Waals surface area (Å²) in [7, 11) is 0. The minimum atomic E-state index is -0.641. The molecule has 0 saturated carbocycles. The SMILES string of the molecule is CCCCCCC(Oc1ccc(C(C)(C)CC)cc1C(C)(C)CC)C(=O)Nc1ccc(-c2nc3n(n2)N=C(C(C)(C)C)C3=Nc2ccc(N(CCC#N)CCCC)cc2)cc1. The van der Waals surface area contributed by atoms with Gasteiger partial charge in [0.15, 0.2) is 11.9 Å². The van der Waals surface area contributed by atoms with Gasteiger partial charge in [-0.05, 0) is 103 Å². The van der Waals surface area contributed by atoms with E-state index in [9.17, 15) is 10.1 Å². The van der Waals surface area contributed by atoms with Crippen molar-refractivity contribution in [1.29, 1.82) is 5.26 Å². The van der Waals surface area contributed by atoms with Crippen LogP contribution in [0.2, 0.25) is 0 Å². The molecule has 0 fully saturated rings. The summed E-state index contributed by atoms with van der Waals surface area (Å²) in [6.07, 6.45) is 8.82. The Bertz CT molecular complexity index is 2180. The highest BCUT2D eigenvalue weighted by molar-refractivity contribution is 6.50. The van der Waals surface area contributed by atoms with Gasteiger partial charge < -0.3 is 15.0 Å². The van der Waals surface area contributed by atoms with Gasteiger partial charge in [0.05, 0.1) is 23.9 Å². The quantitative estimate of drug-likeness (QED) is 0.0835. The molecule has 1 aromatic heterocycles. The number of hydrogen-bond acceptors (Lipinski definition) is 8. The van der Waals surface area contributed by atoms with Gasteiger partial charge in [-0.15, -0.1) is 9.89 Å². The Kier molecular flexibility index (Phi) is 15.7. The molecule has 0 spiro atoms. The average Bonchev–Trinajstić information content (AvgIpc) is 3.82. The number of fused-ring (bicyclic) bond motifs is 1. The molecule has 326 valence electrons. The lowest BCUT2D eigenvalue weighted by molar-refractivity contribution is -0.123. The monoisotopic (exact) mass is 827 g/mol. The Hall–Kier alpha value is -5.30. The van der Waals surface area contributed by atoms with Crippen LogP contribution in [-0.2, 0) is 15.6 Å². The fourth-order valence-corrected chi connectivity index (χ4v) is 7.33. The molecule has 2 heterocycles. The summed E-state index contributed by atoms with van der Waals surface area (Å²) in [6.45, 7) is 25.8. The van der Waals surface area contributed by atoms with Crippen molar-refractivity contribution in [2.75, 3.05) is 23.3 Å². The van der Waals surface area contributed by atoms with Gasteiger partial charge in [0.25, 0.3) is 5.91 Å². The topological polar surface area (TPSA) is 121 Å². The maximum absolute atomic E-state index is 14.1. The summed E-state index contributed by atoms with van der Waals surface area (Å²) >= 11 is 0. The Morgan fingerprint density at radius 3 is 2.16 bits per heavy atom. The number of nitrogens with zero attached hydrogens (tertiary/aromatic N) is 7. The molecule has 1 amide bonds. The van der Waals surface area contributed by atoms with Gasteiger partial charge in [0.1, 0.15) is 11.5 Å². The van der Waals surface area contributed by atoms with Crippen LogP contribution in [-0.4, -0.2) is 51.4 Å². The Balaban J connectivity index is 1.37. The van der Waals surface area contributed by atoms with Crippen molar-refractivity contribution in [2.45, 2.75) is 157 Å². The molecule has 0 radical (unpaired) electrons. The molecular weight excluding hydrogens is 757 g/mol. The molecule has 1 atom stereocenters. The number of amides is 1. The van der Waals surface area contributed by atoms with Crippen LogP contribution >= 0.6 is 0 Å². The zero-order valence-electron chi connectivity index (χ0n) is 38.9. The third kappa shape index (κ3) is 11.8. The number of rotatable bonds is 21. The van der Waals surface area contributed by atoms with Gasteiger partial charge in [-0.3, -0.25) is 4.79 Å². The molecule has 1 aliphatic heterocycles. The molecule has 5 rings (SSSR count). The average molecular weight is 827 g/mol. The van der Waals surface area contributed by atoms with Crippen molar-refractivity contribution < 1.29 is 9.53 Å². The van der Waals surface area contributed by atoms with Crippen molar-refractivity contribution in [2.24, 2.45) is 15.5 Å². The van der Waals surface area contributed by atoms with Crippen LogP contribution in [0.5, 0.6) is 5.75 Å². The molecule has 1 unspecified atom stereocenters. The van der Waals surface area contributed by atoms with E-state index >= 15 is 0 Å². The van der Waals surface area contributed by atoms with Crippen LogP contribution in [0.25, 0.3) is 11.4 Å². The number of aliphatic imine (C=N–C) groups is 1. The summed E-state index contributed by atoms with van der Waals surface area (Å²) in [5.41, 5.74) is 6.90. The highest BCUT2D eigenvalue weighted by atomic mass is 16.5. The van der Waals surface area contributed by atoms with Crippen LogP contribution in [0, 0.1) is 16.7 Å². The van der Waals surface area contributed by atoms with E-state index in [1.165, 1.54) is 5.56 Å². The number of carbonyl (C=O) groups is 1. The van der Waals surface area contributed by atoms with Crippen LogP contribution in [0.4, 0.5) is 17.1 Å². The summed E-state index contributed by atoms with van der Waals surface area (Å²) in [6, 6.07) is 24.6. The third-order valence-electron chi connectivity index (χ3n) is 12.2. The second-order valence-electron chi connectivity index (χ2n) is 18.8. The number of unbranched alkanes of at least 4 members (excludes halogenated alkanes) is 4. The van der Waals surface area contributed by atoms with E-state index in [0.29, 0.717) is 42.4 Å². The van der Waals surface area contributed by atoms with Gasteiger partial charge in [-0.1, -0.05) is 114 Å². The third-order valence-corrected chi connectivity index (χ3v) is 12.2. The second kappa shape index (κ2) is 20.5. The van der Waals surface area contributed by atoms with Crippen LogP contribution < -0.4 is 15.0 Å². The summed E-state index contributed by atoms with van der Waals surface area (Å²) in [5, 5.41) is 22.0. The lowest BCUT2D eigenvalue weighted by Gasteiger charge is -2.31. The highest BCUT2D eigenvalue weighted by Gasteiger charge is 2.35. The number of nitriles is 1. The molecule has 10 heteroatoms. The Morgan fingerprint density at radius 1 is 0.852 bits per heavy atom. The molecular formula is C51H70N8O2. The van der Waals surface area contributed by atoms with E-state index in [1.54, 1.807) is 4.79 Å². The predicted octanol–water partition coefficient (Wildman–Crippen LogP) is 12.6. The second-order valence-corrected chi connectivity index (χ2v) is 18.8. The van der Waals surface area contributed by atoms with E-state index < -0.39 is 6.10 Å². The summed E-state index contributed by atoms with van der Waals surface area (Å²) in [4.78, 5) is 27.9. The maximum Gasteiger partial charge on any atom is 0.265 e. The first-order chi connectivity index (χ1) is 29.0. The fourth-order valence-electron chi connectivity index (χ4n) is 7.33. The minimum Gasteiger partial charge on any atom is -0.480 e. The molecule has 61 heavy (non-hydrogen) atoms. The lowest BCUT2D eigenvalue weighted by atomic mass is 9.76. The van der Waals surface area contributed by atoms with Crippen molar-refractivity contribution in [3.8, 4) is 23.2 Å². The molecule has 3 aromatic carbocycles. The number of benzene rings is 3. The van der Waals surface area contributed by atoms with Crippen LogP contribution in [0.1, 0.15) is 157 Å². The molecule has 10 nitrogen and oxygen atoms in total. The van der Waals surface area contributed by atoms with Gasteiger partial charge >= 0.3 is 0 Å². The number of carbonyl (C=O) groups excluding carboxylic acids is 1. The molecule has 1 aliphatic rings. The minimum absolute atomic E-state index is 0.0365. The highest BCUT2D eigenvalue weighted by Crippen LogP contribution is 2.39. The van der Waals surface area contributed by atoms with Crippen molar-refractivity contribution in [3.63, 3.8) is 0 Å². The van der Waals surface area contributed by atoms with Gasteiger partial charge in [-0.2, -0.15) is 10.4 Å². The smallest absolute Gasteiger partial charge is 0.265 e. The number of anilines is 2. The first-order valence-electron chi connectivity index (χ1n) is 22.7. The van der Waals surface area contributed by atoms with E-state index in [0.717, 1.165) is 91.9 Å². The molecule has 0 saturated heterocycles. The van der Waals surface area contributed by atoms with Gasteiger partial charge in [-0.25, -0.2) is 9.98 Å². The molecule has 1 N–H and O–H groups in total. The van der Waals surface area contributed by atoms with E-state index in [-0.39, 0.29) is 22.2 Å². The molecule has 0 bridgehead atoms. The summed E-state index contributed by atoms with van der Waals surface area (Å²) < 4.78 is 6.74. The fraction of sp³-hybridized carbons (Fsp3) is 0.529. The first kappa shape index (κ1) is 46.8. The Morgan fingerprint density at radius 2 is 1.54 bits per heavy atom. The standard InChI is InChI=1S/C51H70N8O2/c1-12-16-18-19-21-43(61-42-31-24-37(50(8,9)14-3)35-41(42)51(10,11)15-4)48(60)54-39-25-22-36(23-26-39)46-55-47-44(45(49(5,6)7)56-59(47)57-46)53-38-27-29-40(30-28-38)58(33-17-13-2)34-20-32-52/h22-31,35,43H,12-21,33-34H2,1-11H3,(H,54,60). The van der Waals surface area contributed by atoms with Crippen molar-refractivity contribution in [3.05, 3.63) is 83.7 Å². The van der Waals surface area contributed by atoms with Crippen molar-refractivity contribution in [1.82, 2.24) is 14.9 Å². The summed E-state index contributed by atoms with van der Waals surface area (Å²) in [5.74, 6) is 1.73. The van der Waals surface area contributed by atoms with E-state index in [1.807, 2.05) is 36.4 Å². The van der Waals surface area contributed by atoms with E-state index in [4.69, 9.17) is 24.9 Å². The van der Waals surface area contributed by atoms with E-state index in [2.05, 4.69) is 123 Å². The number of nitrogens with one attached hydrogen (secondary N) is 1. The normalized spacial score (nSPS) is 14.1. The first-order valence-corrected chi connectivity index (χ1v) is 22.7. The Labute approximate surface area is 365 Å².